The van der Waals surface area contributed by atoms with Crippen LogP contribution in [0.15, 0.2) is 48.5 Å². The van der Waals surface area contributed by atoms with Crippen LogP contribution in [0.4, 0.5) is 9.59 Å². The predicted octanol–water partition coefficient (Wildman–Crippen LogP) is 3.59. The number of methoxy groups -OCH3 is 2. The number of fused-ring (bicyclic) bond motifs is 3. The van der Waals surface area contributed by atoms with Crippen molar-refractivity contribution < 1.29 is 28.6 Å². The van der Waals surface area contributed by atoms with Gasteiger partial charge in [-0.3, -0.25) is 0 Å². The van der Waals surface area contributed by atoms with Crippen molar-refractivity contribution in [1.29, 1.82) is 0 Å². The lowest BCUT2D eigenvalue weighted by Gasteiger charge is -2.16. The van der Waals surface area contributed by atoms with E-state index < -0.39 is 24.2 Å². The molecule has 8 nitrogen and oxygen atoms in total. The van der Waals surface area contributed by atoms with Crippen LogP contribution in [0.1, 0.15) is 36.3 Å². The maximum atomic E-state index is 12.2. The summed E-state index contributed by atoms with van der Waals surface area (Å²) in [4.78, 5) is 35.3. The van der Waals surface area contributed by atoms with Crippen molar-refractivity contribution in [1.82, 2.24) is 10.6 Å². The molecule has 2 aromatic carbocycles. The summed E-state index contributed by atoms with van der Waals surface area (Å²) < 4.78 is 14.7. The number of hydrogen-bond acceptors (Lipinski definition) is 6. The van der Waals surface area contributed by atoms with E-state index >= 15 is 0 Å². The van der Waals surface area contributed by atoms with E-state index in [4.69, 9.17) is 4.74 Å². The molecule has 0 heterocycles. The van der Waals surface area contributed by atoms with Gasteiger partial charge in [-0.05, 0) is 41.5 Å². The second kappa shape index (κ2) is 11.2. The number of benzene rings is 2. The smallest absolute Gasteiger partial charge is 0.407 e. The minimum absolute atomic E-state index is 0.0124. The molecule has 0 bridgehead atoms. The third kappa shape index (κ3) is 5.57. The van der Waals surface area contributed by atoms with Crippen molar-refractivity contribution in [2.45, 2.75) is 31.2 Å². The monoisotopic (exact) mass is 440 g/mol. The number of carbonyl (C=O) groups is 3. The highest BCUT2D eigenvalue weighted by Crippen LogP contribution is 2.44. The summed E-state index contributed by atoms with van der Waals surface area (Å²) in [5.74, 6) is -0.529. The second-order valence-corrected chi connectivity index (χ2v) is 7.46. The molecule has 32 heavy (non-hydrogen) atoms. The summed E-state index contributed by atoms with van der Waals surface area (Å²) in [7, 11) is 2.48. The summed E-state index contributed by atoms with van der Waals surface area (Å²) in [6, 6.07) is 15.5. The van der Waals surface area contributed by atoms with E-state index in [0.29, 0.717) is 25.8 Å². The third-order valence-electron chi connectivity index (χ3n) is 5.50. The van der Waals surface area contributed by atoms with E-state index in [-0.39, 0.29) is 12.5 Å². The first-order valence-electron chi connectivity index (χ1n) is 10.6. The maximum absolute atomic E-state index is 12.2. The zero-order chi connectivity index (χ0) is 22.9. The van der Waals surface area contributed by atoms with Crippen LogP contribution in [0.3, 0.4) is 0 Å². The fourth-order valence-corrected chi connectivity index (χ4v) is 3.91. The number of ether oxygens (including phenoxy) is 3. The van der Waals surface area contributed by atoms with E-state index in [9.17, 15) is 14.4 Å². The molecule has 0 aromatic heterocycles. The van der Waals surface area contributed by atoms with Gasteiger partial charge in [0.1, 0.15) is 12.6 Å². The minimum Gasteiger partial charge on any atom is -0.467 e. The quantitative estimate of drug-likeness (QED) is 0.351. The highest BCUT2D eigenvalue weighted by molar-refractivity contribution is 5.81. The normalized spacial score (nSPS) is 12.8. The first kappa shape index (κ1) is 23.1. The number of hydrogen-bond donors (Lipinski definition) is 2. The molecule has 8 heteroatoms. The van der Waals surface area contributed by atoms with Crippen LogP contribution in [0.25, 0.3) is 11.1 Å². The molecular weight excluding hydrogens is 412 g/mol. The van der Waals surface area contributed by atoms with Gasteiger partial charge < -0.3 is 24.8 Å². The lowest BCUT2D eigenvalue weighted by atomic mass is 9.98. The number of alkyl carbamates (subject to hydrolysis) is 2. The Balaban J connectivity index is 1.42. The Morgan fingerprint density at radius 1 is 0.875 bits per heavy atom. The Morgan fingerprint density at radius 2 is 1.50 bits per heavy atom. The number of rotatable bonds is 9. The molecule has 1 aliphatic rings. The van der Waals surface area contributed by atoms with Crippen LogP contribution in [0.2, 0.25) is 0 Å². The molecule has 0 radical (unpaired) electrons. The topological polar surface area (TPSA) is 103 Å². The van der Waals surface area contributed by atoms with Crippen molar-refractivity contribution in [2.24, 2.45) is 0 Å². The molecule has 1 atom stereocenters. The van der Waals surface area contributed by atoms with Gasteiger partial charge in [-0.25, -0.2) is 14.4 Å². The molecule has 2 aromatic rings. The third-order valence-corrected chi connectivity index (χ3v) is 5.50. The van der Waals surface area contributed by atoms with Crippen LogP contribution in [0, 0.1) is 0 Å². The molecular formula is C24H28N2O6. The fraction of sp³-hybridized carbons (Fsp3) is 0.375. The molecule has 3 rings (SSSR count). The van der Waals surface area contributed by atoms with Crippen molar-refractivity contribution in [2.75, 3.05) is 27.4 Å². The van der Waals surface area contributed by atoms with Gasteiger partial charge in [0.25, 0.3) is 0 Å². The summed E-state index contributed by atoms with van der Waals surface area (Å²) in [6.45, 7) is 0.649. The molecule has 1 aliphatic carbocycles. The Morgan fingerprint density at radius 3 is 2.09 bits per heavy atom. The van der Waals surface area contributed by atoms with Crippen molar-refractivity contribution in [3.05, 3.63) is 59.7 Å². The van der Waals surface area contributed by atoms with E-state index in [1.54, 1.807) is 0 Å². The van der Waals surface area contributed by atoms with Gasteiger partial charge >= 0.3 is 18.2 Å². The van der Waals surface area contributed by atoms with Gasteiger partial charge in [0.15, 0.2) is 0 Å². The predicted molar refractivity (Wildman–Crippen MR) is 118 cm³/mol. The highest BCUT2D eigenvalue weighted by Gasteiger charge is 2.29. The molecule has 0 aliphatic heterocycles. The number of unbranched alkanes of at least 4 members (excludes halogenated alkanes) is 1. The van der Waals surface area contributed by atoms with Crippen molar-refractivity contribution in [3.8, 4) is 11.1 Å². The average Bonchev–Trinajstić information content (AvgIpc) is 3.14. The summed E-state index contributed by atoms with van der Waals surface area (Å²) >= 11 is 0. The Bertz CT molecular complexity index is 916. The largest absolute Gasteiger partial charge is 0.467 e. The van der Waals surface area contributed by atoms with E-state index in [1.807, 2.05) is 24.3 Å². The van der Waals surface area contributed by atoms with Crippen molar-refractivity contribution >= 4 is 18.2 Å². The molecule has 0 saturated carbocycles. The van der Waals surface area contributed by atoms with Crippen LogP contribution >= 0.6 is 0 Å². The van der Waals surface area contributed by atoms with Gasteiger partial charge in [0.05, 0.1) is 14.2 Å². The molecule has 0 spiro atoms. The first-order chi connectivity index (χ1) is 15.5. The number of carbonyl (C=O) groups excluding carboxylic acids is 3. The van der Waals surface area contributed by atoms with Crippen molar-refractivity contribution in [3.63, 3.8) is 0 Å². The van der Waals surface area contributed by atoms with Gasteiger partial charge in [-0.1, -0.05) is 48.5 Å². The average molecular weight is 440 g/mol. The van der Waals surface area contributed by atoms with E-state index in [0.717, 1.165) is 11.1 Å². The second-order valence-electron chi connectivity index (χ2n) is 7.46. The zero-order valence-electron chi connectivity index (χ0n) is 18.3. The zero-order valence-corrected chi connectivity index (χ0v) is 18.3. The van der Waals surface area contributed by atoms with Crippen LogP contribution in [0.5, 0.6) is 0 Å². The van der Waals surface area contributed by atoms with Crippen LogP contribution in [-0.2, 0) is 19.0 Å². The number of nitrogens with one attached hydrogen (secondary N) is 2. The van der Waals surface area contributed by atoms with Gasteiger partial charge in [0.2, 0.25) is 0 Å². The first-order valence-corrected chi connectivity index (χ1v) is 10.6. The maximum Gasteiger partial charge on any atom is 0.407 e. The van der Waals surface area contributed by atoms with Gasteiger partial charge in [-0.2, -0.15) is 0 Å². The fourth-order valence-electron chi connectivity index (χ4n) is 3.91. The molecule has 2 N–H and O–H groups in total. The molecule has 0 saturated heterocycles. The standard InChI is InChI=1S/C24H28N2O6/c1-30-22(27)21(26-24(29)31-2)13-7-8-14-25-23(28)32-15-20-18-11-5-3-9-16(18)17-10-4-6-12-19(17)20/h3-6,9-12,20-21H,7-8,13-15H2,1-2H3,(H,25,28)(H,26,29). The molecule has 1 unspecified atom stereocenters. The van der Waals surface area contributed by atoms with Gasteiger partial charge in [0, 0.05) is 12.5 Å². The summed E-state index contributed by atoms with van der Waals surface area (Å²) in [5, 5.41) is 5.17. The Kier molecular flexibility index (Phi) is 8.08. The minimum atomic E-state index is -0.790. The highest BCUT2D eigenvalue weighted by atomic mass is 16.6. The number of amides is 2. The van der Waals surface area contributed by atoms with Gasteiger partial charge in [-0.15, -0.1) is 0 Å². The lowest BCUT2D eigenvalue weighted by molar-refractivity contribution is -0.143. The Hall–Kier alpha value is -3.55. The van der Waals surface area contributed by atoms with Crippen LogP contribution in [-0.4, -0.2) is 51.6 Å². The summed E-state index contributed by atoms with van der Waals surface area (Å²) in [6.07, 6.45) is 0.392. The molecule has 0 fully saturated rings. The molecule has 170 valence electrons. The Labute approximate surface area is 187 Å². The lowest BCUT2D eigenvalue weighted by Crippen LogP contribution is -2.41. The molecule has 2 amide bonds. The van der Waals surface area contributed by atoms with E-state index in [2.05, 4.69) is 44.4 Å². The SMILES string of the molecule is COC(=O)NC(CCCCNC(=O)OCC1c2ccccc2-c2ccccc21)C(=O)OC. The summed E-state index contributed by atoms with van der Waals surface area (Å²) in [5.41, 5.74) is 4.68. The van der Waals surface area contributed by atoms with E-state index in [1.165, 1.54) is 25.3 Å². The van der Waals surface area contributed by atoms with Crippen LogP contribution < -0.4 is 10.6 Å². The number of esters is 1.